The van der Waals surface area contributed by atoms with E-state index in [9.17, 15) is 9.59 Å². The molecule has 1 atom stereocenters. The summed E-state index contributed by atoms with van der Waals surface area (Å²) in [5.74, 6) is 0.789. The van der Waals surface area contributed by atoms with Crippen molar-refractivity contribution in [3.8, 4) is 11.5 Å². The van der Waals surface area contributed by atoms with Crippen molar-refractivity contribution in [2.75, 3.05) is 20.3 Å². The van der Waals surface area contributed by atoms with Gasteiger partial charge in [-0.3, -0.25) is 9.59 Å². The second-order valence-corrected chi connectivity index (χ2v) is 4.21. The highest BCUT2D eigenvalue weighted by atomic mass is 16.5. The van der Waals surface area contributed by atoms with Gasteiger partial charge in [-0.1, -0.05) is 12.1 Å². The van der Waals surface area contributed by atoms with E-state index in [1.54, 1.807) is 18.2 Å². The Hall–Kier alpha value is -2.24. The molecule has 1 aliphatic heterocycles. The molecular weight excluding hydrogens is 248 g/mol. The topological polar surface area (TPSA) is 76.7 Å². The van der Waals surface area contributed by atoms with Crippen LogP contribution in [0.2, 0.25) is 0 Å². The fraction of sp³-hybridized carbons (Fsp3) is 0.385. The highest BCUT2D eigenvalue weighted by molar-refractivity contribution is 5.82. The maximum absolute atomic E-state index is 11.7. The lowest BCUT2D eigenvalue weighted by atomic mass is 10.2. The Morgan fingerprint density at radius 2 is 2.16 bits per heavy atom. The molecule has 2 N–H and O–H groups in total. The zero-order valence-electron chi connectivity index (χ0n) is 10.6. The van der Waals surface area contributed by atoms with Gasteiger partial charge < -0.3 is 20.1 Å². The van der Waals surface area contributed by atoms with Crippen LogP contribution < -0.4 is 20.1 Å². The van der Waals surface area contributed by atoms with Crippen LogP contribution in [0.4, 0.5) is 0 Å². The lowest BCUT2D eigenvalue weighted by Crippen LogP contribution is -2.39. The summed E-state index contributed by atoms with van der Waals surface area (Å²) >= 11 is 0. The second kappa shape index (κ2) is 6.08. The summed E-state index contributed by atoms with van der Waals surface area (Å²) in [6.07, 6.45) is 0.320. The van der Waals surface area contributed by atoms with Gasteiger partial charge in [-0.25, -0.2) is 0 Å². The number of amides is 2. The van der Waals surface area contributed by atoms with E-state index in [1.165, 1.54) is 7.11 Å². The van der Waals surface area contributed by atoms with Gasteiger partial charge in [0, 0.05) is 13.0 Å². The molecule has 1 heterocycles. The predicted octanol–water partition coefficient (Wildman–Crippen LogP) is 0.0787. The summed E-state index contributed by atoms with van der Waals surface area (Å²) in [6.45, 7) is 0.365. The fourth-order valence-electron chi connectivity index (χ4n) is 1.86. The normalized spacial score (nSPS) is 17.7. The van der Waals surface area contributed by atoms with Gasteiger partial charge in [0.05, 0.1) is 13.2 Å². The van der Waals surface area contributed by atoms with Crippen molar-refractivity contribution in [2.45, 2.75) is 12.5 Å². The summed E-state index contributed by atoms with van der Waals surface area (Å²) in [4.78, 5) is 22.7. The molecule has 1 fully saturated rings. The Balaban J connectivity index is 1.81. The summed E-state index contributed by atoms with van der Waals surface area (Å²) in [5.41, 5.74) is 0. The highest BCUT2D eigenvalue weighted by Crippen LogP contribution is 2.25. The average molecular weight is 264 g/mol. The molecule has 1 aromatic carbocycles. The molecule has 0 unspecified atom stereocenters. The molecule has 102 valence electrons. The average Bonchev–Trinajstić information content (AvgIpc) is 2.82. The Kier molecular flexibility index (Phi) is 4.22. The summed E-state index contributed by atoms with van der Waals surface area (Å²) in [7, 11) is 1.54. The zero-order valence-corrected chi connectivity index (χ0v) is 10.6. The molecule has 19 heavy (non-hydrogen) atoms. The maximum atomic E-state index is 11.7. The Morgan fingerprint density at radius 1 is 1.42 bits per heavy atom. The van der Waals surface area contributed by atoms with Crippen molar-refractivity contribution < 1.29 is 19.1 Å². The van der Waals surface area contributed by atoms with Crippen LogP contribution >= 0.6 is 0 Å². The van der Waals surface area contributed by atoms with E-state index in [-0.39, 0.29) is 24.5 Å². The van der Waals surface area contributed by atoms with Crippen LogP contribution in [0.25, 0.3) is 0 Å². The Labute approximate surface area is 111 Å². The van der Waals surface area contributed by atoms with Gasteiger partial charge in [-0.2, -0.15) is 0 Å². The summed E-state index contributed by atoms with van der Waals surface area (Å²) in [5, 5.41) is 5.38. The molecule has 0 spiro atoms. The highest BCUT2D eigenvalue weighted by Gasteiger charge is 2.22. The first-order valence-corrected chi connectivity index (χ1v) is 6.01. The third-order valence-corrected chi connectivity index (χ3v) is 2.77. The largest absolute Gasteiger partial charge is 0.493 e. The molecule has 6 heteroatoms. The van der Waals surface area contributed by atoms with Crippen molar-refractivity contribution in [1.29, 1.82) is 0 Å². The van der Waals surface area contributed by atoms with E-state index in [4.69, 9.17) is 9.47 Å². The van der Waals surface area contributed by atoms with E-state index in [2.05, 4.69) is 10.6 Å². The van der Waals surface area contributed by atoms with Crippen molar-refractivity contribution in [3.05, 3.63) is 24.3 Å². The van der Waals surface area contributed by atoms with Crippen LogP contribution in [0.5, 0.6) is 11.5 Å². The van der Waals surface area contributed by atoms with Gasteiger partial charge in [0.25, 0.3) is 5.91 Å². The minimum absolute atomic E-state index is 0.0454. The molecule has 0 saturated carbocycles. The van der Waals surface area contributed by atoms with Gasteiger partial charge in [0.1, 0.15) is 0 Å². The third-order valence-electron chi connectivity index (χ3n) is 2.77. The van der Waals surface area contributed by atoms with Crippen molar-refractivity contribution in [1.82, 2.24) is 10.6 Å². The SMILES string of the molecule is COc1ccccc1OCC(=O)N[C@@H]1CNC(=O)C1. The first-order chi connectivity index (χ1) is 9.19. The molecule has 0 aromatic heterocycles. The number of benzene rings is 1. The first-order valence-electron chi connectivity index (χ1n) is 6.01. The number of rotatable bonds is 5. The number of para-hydroxylation sites is 2. The van der Waals surface area contributed by atoms with Gasteiger partial charge in [0.2, 0.25) is 5.91 Å². The molecule has 0 radical (unpaired) electrons. The number of nitrogens with one attached hydrogen (secondary N) is 2. The minimum atomic E-state index is -0.257. The molecule has 2 amide bonds. The zero-order chi connectivity index (χ0) is 13.7. The quantitative estimate of drug-likeness (QED) is 0.789. The molecular formula is C13H16N2O4. The van der Waals surface area contributed by atoms with E-state index in [0.29, 0.717) is 24.5 Å². The number of ether oxygens (including phenoxy) is 2. The number of hydrogen-bond acceptors (Lipinski definition) is 4. The predicted molar refractivity (Wildman–Crippen MR) is 68.0 cm³/mol. The molecule has 6 nitrogen and oxygen atoms in total. The lowest BCUT2D eigenvalue weighted by Gasteiger charge is -2.12. The number of carbonyl (C=O) groups excluding carboxylic acids is 2. The third kappa shape index (κ3) is 3.61. The van der Waals surface area contributed by atoms with Crippen LogP contribution in [-0.2, 0) is 9.59 Å². The van der Waals surface area contributed by atoms with E-state index >= 15 is 0 Å². The molecule has 2 rings (SSSR count). The van der Waals surface area contributed by atoms with Crippen molar-refractivity contribution in [3.63, 3.8) is 0 Å². The number of carbonyl (C=O) groups is 2. The lowest BCUT2D eigenvalue weighted by molar-refractivity contribution is -0.123. The van der Waals surface area contributed by atoms with Gasteiger partial charge in [-0.15, -0.1) is 0 Å². The minimum Gasteiger partial charge on any atom is -0.493 e. The molecule has 1 aromatic rings. The number of hydrogen-bond donors (Lipinski definition) is 2. The molecule has 1 aliphatic rings. The number of methoxy groups -OCH3 is 1. The Bertz CT molecular complexity index is 475. The fourth-order valence-corrected chi connectivity index (χ4v) is 1.86. The monoisotopic (exact) mass is 264 g/mol. The van der Waals surface area contributed by atoms with Gasteiger partial charge in [0.15, 0.2) is 18.1 Å². The summed E-state index contributed by atoms with van der Waals surface area (Å²) in [6, 6.07) is 6.96. The molecule has 0 bridgehead atoms. The van der Waals surface area contributed by atoms with Crippen molar-refractivity contribution in [2.24, 2.45) is 0 Å². The molecule has 0 aliphatic carbocycles. The van der Waals surface area contributed by atoms with E-state index in [0.717, 1.165) is 0 Å². The van der Waals surface area contributed by atoms with Crippen LogP contribution in [0.15, 0.2) is 24.3 Å². The second-order valence-electron chi connectivity index (χ2n) is 4.21. The summed E-state index contributed by atoms with van der Waals surface area (Å²) < 4.78 is 10.5. The standard InChI is InChI=1S/C13H16N2O4/c1-18-10-4-2-3-5-11(10)19-8-13(17)15-9-6-12(16)14-7-9/h2-5,9H,6-8H2,1H3,(H,14,16)(H,15,17)/t9-/m0/s1. The van der Waals surface area contributed by atoms with Crippen LogP contribution in [-0.4, -0.2) is 38.1 Å². The van der Waals surface area contributed by atoms with Crippen LogP contribution in [0.3, 0.4) is 0 Å². The van der Waals surface area contributed by atoms with Crippen molar-refractivity contribution >= 4 is 11.8 Å². The first kappa shape index (κ1) is 13.2. The van der Waals surface area contributed by atoms with Gasteiger partial charge >= 0.3 is 0 Å². The van der Waals surface area contributed by atoms with E-state index in [1.807, 2.05) is 6.07 Å². The van der Waals surface area contributed by atoms with Gasteiger partial charge in [-0.05, 0) is 12.1 Å². The van der Waals surface area contributed by atoms with Crippen LogP contribution in [0.1, 0.15) is 6.42 Å². The maximum Gasteiger partial charge on any atom is 0.258 e. The molecule has 1 saturated heterocycles. The smallest absolute Gasteiger partial charge is 0.258 e. The Morgan fingerprint density at radius 3 is 2.79 bits per heavy atom. The van der Waals surface area contributed by atoms with E-state index < -0.39 is 0 Å². The van der Waals surface area contributed by atoms with Crippen LogP contribution in [0, 0.1) is 0 Å².